The number of carbonyl (C=O) groups excluding carboxylic acids is 2. The molecule has 0 unspecified atom stereocenters. The van der Waals surface area contributed by atoms with Crippen LogP contribution in [0.1, 0.15) is 17.3 Å². The summed E-state index contributed by atoms with van der Waals surface area (Å²) in [7, 11) is 1.33. The van der Waals surface area contributed by atoms with E-state index in [-0.39, 0.29) is 32.9 Å². The van der Waals surface area contributed by atoms with Crippen LogP contribution in [0.4, 0.5) is 5.82 Å². The number of methoxy groups -OCH3 is 1. The van der Waals surface area contributed by atoms with Crippen molar-refractivity contribution < 1.29 is 27.5 Å². The van der Waals surface area contributed by atoms with Gasteiger partial charge in [0.1, 0.15) is 12.4 Å². The monoisotopic (exact) mass is 467 g/mol. The summed E-state index contributed by atoms with van der Waals surface area (Å²) < 4.78 is 38.8. The first-order chi connectivity index (χ1) is 14.6. The number of anilines is 1. The predicted octanol–water partition coefficient (Wildman–Crippen LogP) is 2.29. The number of nitrogens with one attached hydrogen (secondary N) is 1. The molecule has 2 aromatic rings. The third-order valence-corrected chi connectivity index (χ3v) is 6.14. The fourth-order valence-electron chi connectivity index (χ4n) is 2.34. The van der Waals surface area contributed by atoms with Crippen molar-refractivity contribution in [1.29, 1.82) is 0 Å². The Morgan fingerprint density at radius 1 is 1.16 bits per heavy atom. The summed E-state index contributed by atoms with van der Waals surface area (Å²) in [5.74, 6) is 0.523. The van der Waals surface area contributed by atoms with Gasteiger partial charge in [0.15, 0.2) is 22.4 Å². The summed E-state index contributed by atoms with van der Waals surface area (Å²) in [6, 6.07) is 7.14. The fraction of sp³-hybridized carbons (Fsp3) is 0.350. The van der Waals surface area contributed by atoms with E-state index >= 15 is 0 Å². The molecule has 9 nitrogen and oxygen atoms in total. The Bertz CT molecular complexity index is 1020. The number of carbonyl (C=O) groups is 2. The molecule has 0 saturated heterocycles. The number of thioether (sulfide) groups is 1. The molecule has 1 aromatic carbocycles. The molecular weight excluding hydrogens is 442 g/mol. The van der Waals surface area contributed by atoms with E-state index in [4.69, 9.17) is 9.47 Å². The minimum absolute atomic E-state index is 0.00450. The van der Waals surface area contributed by atoms with E-state index in [2.05, 4.69) is 9.71 Å². The normalized spacial score (nSPS) is 11.3. The lowest BCUT2D eigenvalue weighted by atomic mass is 10.2. The molecule has 2 rings (SSSR count). The van der Waals surface area contributed by atoms with Gasteiger partial charge in [-0.05, 0) is 38.4 Å². The second kappa shape index (κ2) is 11.1. The summed E-state index contributed by atoms with van der Waals surface area (Å²) in [6.07, 6.45) is 1.27. The molecule has 0 spiro atoms. The summed E-state index contributed by atoms with van der Waals surface area (Å²) in [5, 5.41) is -0.157. The number of aromatic nitrogens is 1. The van der Waals surface area contributed by atoms with Gasteiger partial charge in [0.2, 0.25) is 0 Å². The highest BCUT2D eigenvalue weighted by Crippen LogP contribution is 2.30. The lowest BCUT2D eigenvalue weighted by Gasteiger charge is -2.15. The molecule has 0 aliphatic heterocycles. The minimum atomic E-state index is -3.95. The van der Waals surface area contributed by atoms with E-state index in [1.807, 2.05) is 19.0 Å². The molecule has 0 radical (unpaired) electrons. The first kappa shape index (κ1) is 24.6. The largest absolute Gasteiger partial charge is 0.493 e. The van der Waals surface area contributed by atoms with Crippen LogP contribution in [0.25, 0.3) is 0 Å². The van der Waals surface area contributed by atoms with Crippen molar-refractivity contribution in [2.45, 2.75) is 11.8 Å². The highest BCUT2D eigenvalue weighted by molar-refractivity contribution is 8.14. The molecule has 1 aromatic heterocycles. The van der Waals surface area contributed by atoms with Crippen LogP contribution >= 0.6 is 11.8 Å². The second-order valence-corrected chi connectivity index (χ2v) is 9.54. The molecule has 1 N–H and O–H groups in total. The van der Waals surface area contributed by atoms with E-state index < -0.39 is 10.0 Å². The number of pyridine rings is 1. The maximum Gasteiger partial charge on any atom is 0.263 e. The number of Topliss-reactive ketones (excluding diaryl/α,β-unsaturated/α-hetero) is 1. The minimum Gasteiger partial charge on any atom is -0.493 e. The third-order valence-electron chi connectivity index (χ3n) is 3.97. The van der Waals surface area contributed by atoms with Crippen molar-refractivity contribution in [3.63, 3.8) is 0 Å². The molecule has 0 atom stereocenters. The first-order valence-electron chi connectivity index (χ1n) is 9.23. The second-order valence-electron chi connectivity index (χ2n) is 6.71. The van der Waals surface area contributed by atoms with Crippen molar-refractivity contribution in [2.75, 3.05) is 44.8 Å². The molecular formula is C20H25N3O6S2. The van der Waals surface area contributed by atoms with Crippen LogP contribution in [-0.2, 0) is 14.8 Å². The molecule has 31 heavy (non-hydrogen) atoms. The Kier molecular flexibility index (Phi) is 8.84. The lowest BCUT2D eigenvalue weighted by molar-refractivity contribution is -0.109. The van der Waals surface area contributed by atoms with E-state index in [0.717, 1.165) is 11.8 Å². The summed E-state index contributed by atoms with van der Waals surface area (Å²) in [6.45, 7) is 2.39. The smallest absolute Gasteiger partial charge is 0.263 e. The molecule has 0 aliphatic carbocycles. The van der Waals surface area contributed by atoms with Crippen molar-refractivity contribution in [3.05, 3.63) is 42.1 Å². The Morgan fingerprint density at radius 3 is 2.48 bits per heavy atom. The number of benzene rings is 1. The number of rotatable bonds is 11. The Morgan fingerprint density at radius 2 is 1.90 bits per heavy atom. The fourth-order valence-corrected chi connectivity index (χ4v) is 3.87. The van der Waals surface area contributed by atoms with Gasteiger partial charge in [-0.3, -0.25) is 14.3 Å². The maximum absolute atomic E-state index is 12.8. The molecule has 1 heterocycles. The number of hydrogen-bond acceptors (Lipinski definition) is 9. The van der Waals surface area contributed by atoms with E-state index in [9.17, 15) is 18.0 Å². The van der Waals surface area contributed by atoms with Crippen molar-refractivity contribution in [2.24, 2.45) is 0 Å². The van der Waals surface area contributed by atoms with Crippen molar-refractivity contribution in [1.82, 2.24) is 9.88 Å². The maximum atomic E-state index is 12.8. The van der Waals surface area contributed by atoms with Crippen LogP contribution < -0.4 is 14.2 Å². The average molecular weight is 468 g/mol. The van der Waals surface area contributed by atoms with Gasteiger partial charge in [0.05, 0.1) is 17.8 Å². The zero-order valence-corrected chi connectivity index (χ0v) is 19.4. The number of likely N-dealkylation sites (N-methyl/N-ethyl adjacent to an activating group) is 1. The van der Waals surface area contributed by atoms with Gasteiger partial charge in [-0.1, -0.05) is 11.8 Å². The first-order valence-corrected chi connectivity index (χ1v) is 11.7. The summed E-state index contributed by atoms with van der Waals surface area (Å²) in [4.78, 5) is 28.9. The average Bonchev–Trinajstić information content (AvgIpc) is 2.72. The third kappa shape index (κ3) is 7.53. The highest BCUT2D eigenvalue weighted by atomic mass is 32.2. The number of ether oxygens (including phenoxy) is 2. The lowest BCUT2D eigenvalue weighted by Crippen LogP contribution is -2.20. The van der Waals surface area contributed by atoms with E-state index in [0.29, 0.717) is 24.7 Å². The Labute approximate surface area is 186 Å². The van der Waals surface area contributed by atoms with Gasteiger partial charge in [-0.15, -0.1) is 0 Å². The zero-order valence-electron chi connectivity index (χ0n) is 17.7. The van der Waals surface area contributed by atoms with Gasteiger partial charge in [-0.25, -0.2) is 13.4 Å². The van der Waals surface area contributed by atoms with Crippen LogP contribution in [0.2, 0.25) is 0 Å². The standard InChI is InChI=1S/C20H25N3O6S2/c1-14(24)30-13-17(25)15-5-8-20(21-12-15)22-31(26,27)16-6-7-18(28-4)19(11-16)29-10-9-23(2)3/h5-8,11-12H,9-10,13H2,1-4H3,(H,21,22). The van der Waals surface area contributed by atoms with Gasteiger partial charge in [-0.2, -0.15) is 0 Å². The molecule has 0 aliphatic rings. The van der Waals surface area contributed by atoms with Crippen molar-refractivity contribution >= 4 is 38.5 Å². The van der Waals surface area contributed by atoms with E-state index in [1.54, 1.807) is 0 Å². The number of sulfonamides is 1. The number of nitrogens with zero attached hydrogens (tertiary/aromatic N) is 2. The Balaban J connectivity index is 2.14. The van der Waals surface area contributed by atoms with Gasteiger partial charge >= 0.3 is 0 Å². The van der Waals surface area contributed by atoms with Crippen LogP contribution in [0.5, 0.6) is 11.5 Å². The topological polar surface area (TPSA) is 115 Å². The van der Waals surface area contributed by atoms with Gasteiger partial charge in [0, 0.05) is 31.3 Å². The predicted molar refractivity (Wildman–Crippen MR) is 120 cm³/mol. The number of hydrogen-bond donors (Lipinski definition) is 1. The highest BCUT2D eigenvalue weighted by Gasteiger charge is 2.18. The summed E-state index contributed by atoms with van der Waals surface area (Å²) in [5.41, 5.74) is 0.290. The van der Waals surface area contributed by atoms with E-state index in [1.165, 1.54) is 50.6 Å². The molecule has 11 heteroatoms. The van der Waals surface area contributed by atoms with Crippen LogP contribution in [0.3, 0.4) is 0 Å². The van der Waals surface area contributed by atoms with Crippen LogP contribution in [0, 0.1) is 0 Å². The SMILES string of the molecule is COc1ccc(S(=O)(=O)Nc2ccc(C(=O)CSC(C)=O)cn2)cc1OCCN(C)C. The molecule has 168 valence electrons. The molecule has 0 amide bonds. The van der Waals surface area contributed by atoms with Crippen LogP contribution in [0.15, 0.2) is 41.4 Å². The van der Waals surface area contributed by atoms with Gasteiger partial charge < -0.3 is 14.4 Å². The molecule has 0 saturated carbocycles. The van der Waals surface area contributed by atoms with Crippen LogP contribution in [-0.4, -0.2) is 69.3 Å². The van der Waals surface area contributed by atoms with Gasteiger partial charge in [0.25, 0.3) is 10.0 Å². The molecule has 0 fully saturated rings. The molecule has 0 bridgehead atoms. The zero-order chi connectivity index (χ0) is 23.0. The Hall–Kier alpha value is -2.63. The summed E-state index contributed by atoms with van der Waals surface area (Å²) >= 11 is 0.905. The quantitative estimate of drug-likeness (QED) is 0.497. The number of ketones is 1. The van der Waals surface area contributed by atoms with Crippen molar-refractivity contribution in [3.8, 4) is 11.5 Å².